The van der Waals surface area contributed by atoms with Crippen LogP contribution in [0.5, 0.6) is 0 Å². The monoisotopic (exact) mass is 399 g/mol. The molecule has 118 valence electrons. The van der Waals surface area contributed by atoms with Crippen molar-refractivity contribution >= 4 is 41.8 Å². The van der Waals surface area contributed by atoms with E-state index in [4.69, 9.17) is 5.11 Å². The average molecular weight is 400 g/mol. The normalized spacial score (nSPS) is 12.3. The third-order valence-electron chi connectivity index (χ3n) is 2.61. The van der Waals surface area contributed by atoms with Crippen LogP contribution in [0.2, 0.25) is 0 Å². The number of sulfone groups is 1. The third kappa shape index (κ3) is 5.06. The number of rotatable bonds is 7. The molecule has 1 aromatic rings. The number of aromatic carboxylic acids is 1. The maximum Gasteiger partial charge on any atom is 0.335 e. The number of carbonyl (C=O) groups is 1. The highest BCUT2D eigenvalue weighted by Gasteiger charge is 2.19. The van der Waals surface area contributed by atoms with Crippen molar-refractivity contribution < 1.29 is 26.7 Å². The fourth-order valence-corrected chi connectivity index (χ4v) is 4.34. The summed E-state index contributed by atoms with van der Waals surface area (Å²) in [4.78, 5) is 10.6. The van der Waals surface area contributed by atoms with Crippen LogP contribution in [0.4, 0.5) is 0 Å². The fourth-order valence-electron chi connectivity index (χ4n) is 1.41. The highest BCUT2D eigenvalue weighted by atomic mass is 79.9. The Morgan fingerprint density at radius 1 is 1.29 bits per heavy atom. The number of hydrogen-bond donors (Lipinski definition) is 2. The van der Waals surface area contributed by atoms with Gasteiger partial charge in [0.2, 0.25) is 10.0 Å². The molecule has 1 aromatic carbocycles. The highest BCUT2D eigenvalue weighted by Crippen LogP contribution is 2.23. The zero-order chi connectivity index (χ0) is 16.3. The number of benzene rings is 1. The smallest absolute Gasteiger partial charge is 0.335 e. The van der Waals surface area contributed by atoms with E-state index in [1.807, 2.05) is 0 Å². The van der Waals surface area contributed by atoms with Gasteiger partial charge < -0.3 is 5.11 Å². The van der Waals surface area contributed by atoms with E-state index in [0.717, 1.165) is 12.1 Å². The van der Waals surface area contributed by atoms with Crippen molar-refractivity contribution in [1.29, 1.82) is 0 Å². The second-order valence-electron chi connectivity index (χ2n) is 4.08. The maximum absolute atomic E-state index is 12.0. The Morgan fingerprint density at radius 2 is 1.90 bits per heavy atom. The molecule has 0 aromatic heterocycles. The average Bonchev–Trinajstić information content (AvgIpc) is 2.37. The molecule has 0 fully saturated rings. The van der Waals surface area contributed by atoms with Crippen molar-refractivity contribution in [1.82, 2.24) is 4.72 Å². The number of halogens is 1. The first-order valence-corrected chi connectivity index (χ1v) is 9.92. The van der Waals surface area contributed by atoms with Crippen molar-refractivity contribution in [2.24, 2.45) is 0 Å². The van der Waals surface area contributed by atoms with Gasteiger partial charge in [0.25, 0.3) is 0 Å². The molecule has 10 heteroatoms. The molecule has 0 aliphatic rings. The Bertz CT molecular complexity index is 742. The Hall–Kier alpha value is -0.970. The number of carboxylic acids is 1. The maximum atomic E-state index is 12.0. The van der Waals surface area contributed by atoms with Crippen LogP contribution in [-0.4, -0.2) is 46.0 Å². The topological polar surface area (TPSA) is 118 Å². The number of hydrogen-bond acceptors (Lipinski definition) is 5. The molecular weight excluding hydrogens is 386 g/mol. The summed E-state index contributed by atoms with van der Waals surface area (Å²) in [6.07, 6.45) is 0. The summed E-state index contributed by atoms with van der Waals surface area (Å²) >= 11 is 3.00. The van der Waals surface area contributed by atoms with E-state index < -0.39 is 25.8 Å². The quantitative estimate of drug-likeness (QED) is 0.701. The molecule has 7 nitrogen and oxygen atoms in total. The van der Waals surface area contributed by atoms with Crippen LogP contribution in [0.1, 0.15) is 17.3 Å². The summed E-state index contributed by atoms with van der Waals surface area (Å²) in [5.41, 5.74) is -0.0608. The van der Waals surface area contributed by atoms with Gasteiger partial charge in [0.1, 0.15) is 0 Å². The van der Waals surface area contributed by atoms with Gasteiger partial charge in [-0.15, -0.1) is 0 Å². The lowest BCUT2D eigenvalue weighted by molar-refractivity contribution is 0.0696. The largest absolute Gasteiger partial charge is 0.478 e. The summed E-state index contributed by atoms with van der Waals surface area (Å²) in [5.74, 6) is -1.54. The minimum absolute atomic E-state index is 0.0608. The van der Waals surface area contributed by atoms with Gasteiger partial charge in [0.05, 0.1) is 16.2 Å². The molecule has 0 amide bonds. The molecule has 0 heterocycles. The van der Waals surface area contributed by atoms with Crippen LogP contribution >= 0.6 is 15.9 Å². The van der Waals surface area contributed by atoms with Crippen LogP contribution in [-0.2, 0) is 19.9 Å². The predicted octanol–water partition coefficient (Wildman–Crippen LogP) is 0.860. The zero-order valence-electron chi connectivity index (χ0n) is 11.0. The van der Waals surface area contributed by atoms with Crippen LogP contribution < -0.4 is 4.72 Å². The van der Waals surface area contributed by atoms with Crippen LogP contribution in [0, 0.1) is 0 Å². The summed E-state index contributed by atoms with van der Waals surface area (Å²) in [5, 5.41) is 8.81. The lowest BCUT2D eigenvalue weighted by atomic mass is 10.2. The molecule has 0 aliphatic carbocycles. The first-order chi connectivity index (χ1) is 9.59. The summed E-state index contributed by atoms with van der Waals surface area (Å²) < 4.78 is 48.9. The lowest BCUT2D eigenvalue weighted by Crippen LogP contribution is -2.30. The van der Waals surface area contributed by atoms with Gasteiger partial charge in [0, 0.05) is 16.8 Å². The molecule has 0 spiro atoms. The van der Waals surface area contributed by atoms with Gasteiger partial charge in [-0.3, -0.25) is 0 Å². The van der Waals surface area contributed by atoms with Crippen molar-refractivity contribution in [2.45, 2.75) is 11.8 Å². The van der Waals surface area contributed by atoms with Crippen molar-refractivity contribution in [3.8, 4) is 0 Å². The molecule has 0 aliphatic heterocycles. The standard InChI is InChI=1S/C11H14BrNO6S2/c1-2-20(16,17)6-5-13-21(18,19)10-4-3-8(11(14)15)7-9(10)12/h3-4,7,13H,2,5-6H2,1H3,(H,14,15). The van der Waals surface area contributed by atoms with E-state index in [0.29, 0.717) is 0 Å². The van der Waals surface area contributed by atoms with Crippen LogP contribution in [0.3, 0.4) is 0 Å². The number of sulfonamides is 1. The van der Waals surface area contributed by atoms with E-state index in [9.17, 15) is 21.6 Å². The molecule has 0 radical (unpaired) electrons. The molecule has 0 bridgehead atoms. The van der Waals surface area contributed by atoms with Crippen molar-refractivity contribution in [3.63, 3.8) is 0 Å². The van der Waals surface area contributed by atoms with Crippen LogP contribution in [0.25, 0.3) is 0 Å². The van der Waals surface area contributed by atoms with Gasteiger partial charge in [-0.05, 0) is 34.1 Å². The molecule has 0 atom stereocenters. The molecule has 0 unspecified atom stereocenters. The van der Waals surface area contributed by atoms with Gasteiger partial charge >= 0.3 is 5.97 Å². The third-order valence-corrected chi connectivity index (χ3v) is 6.76. The van der Waals surface area contributed by atoms with E-state index >= 15 is 0 Å². The van der Waals surface area contributed by atoms with Gasteiger partial charge in [0.15, 0.2) is 9.84 Å². The highest BCUT2D eigenvalue weighted by molar-refractivity contribution is 9.10. The van der Waals surface area contributed by atoms with Crippen molar-refractivity contribution in [2.75, 3.05) is 18.1 Å². The number of carboxylic acid groups (broad SMARTS) is 1. The summed E-state index contributed by atoms with van der Waals surface area (Å²) in [7, 11) is -7.19. The SMILES string of the molecule is CCS(=O)(=O)CCNS(=O)(=O)c1ccc(C(=O)O)cc1Br. The van der Waals surface area contributed by atoms with Crippen molar-refractivity contribution in [3.05, 3.63) is 28.2 Å². The molecule has 21 heavy (non-hydrogen) atoms. The Morgan fingerprint density at radius 3 is 2.38 bits per heavy atom. The van der Waals surface area contributed by atoms with E-state index in [1.165, 1.54) is 13.0 Å². The van der Waals surface area contributed by atoms with E-state index in [1.54, 1.807) is 0 Å². The molecule has 2 N–H and O–H groups in total. The van der Waals surface area contributed by atoms with Gasteiger partial charge in [-0.2, -0.15) is 0 Å². The predicted molar refractivity (Wildman–Crippen MR) is 80.6 cm³/mol. The molecule has 0 saturated heterocycles. The first kappa shape index (κ1) is 18.1. The minimum atomic E-state index is -3.92. The molecular formula is C11H14BrNO6S2. The minimum Gasteiger partial charge on any atom is -0.478 e. The van der Waals surface area contributed by atoms with E-state index in [-0.39, 0.29) is 33.0 Å². The van der Waals surface area contributed by atoms with E-state index in [2.05, 4.69) is 20.7 Å². The Labute approximate surface area is 131 Å². The number of nitrogens with one attached hydrogen (secondary N) is 1. The Balaban J connectivity index is 2.91. The Kier molecular flexibility index (Phi) is 5.91. The van der Waals surface area contributed by atoms with Crippen LogP contribution in [0.15, 0.2) is 27.6 Å². The first-order valence-electron chi connectivity index (χ1n) is 5.82. The molecule has 0 saturated carbocycles. The summed E-state index contributed by atoms with van der Waals surface area (Å²) in [6.45, 7) is 1.23. The zero-order valence-corrected chi connectivity index (χ0v) is 14.3. The second kappa shape index (κ2) is 6.86. The van der Waals surface area contributed by atoms with Gasteiger partial charge in [-0.25, -0.2) is 26.4 Å². The summed E-state index contributed by atoms with van der Waals surface area (Å²) in [6, 6.07) is 3.47. The molecule has 1 rings (SSSR count). The fraction of sp³-hybridized carbons (Fsp3) is 0.364. The van der Waals surface area contributed by atoms with Gasteiger partial charge in [-0.1, -0.05) is 6.92 Å². The second-order valence-corrected chi connectivity index (χ2v) is 9.15. The lowest BCUT2D eigenvalue weighted by Gasteiger charge is -2.09.